The Labute approximate surface area is 145 Å². The number of rotatable bonds is 3. The topological polar surface area (TPSA) is 94.0 Å². The van der Waals surface area contributed by atoms with Crippen molar-refractivity contribution in [3.8, 4) is 0 Å². The molecule has 25 heavy (non-hydrogen) atoms. The van der Waals surface area contributed by atoms with E-state index in [0.29, 0.717) is 11.3 Å². The molecular formula is C19H20N4O2. The van der Waals surface area contributed by atoms with Crippen molar-refractivity contribution >= 4 is 22.7 Å². The van der Waals surface area contributed by atoms with Gasteiger partial charge in [0.25, 0.3) is 11.6 Å². The van der Waals surface area contributed by atoms with Gasteiger partial charge in [-0.25, -0.2) is 4.98 Å². The number of nitrogens with zero attached hydrogens (tertiary/aromatic N) is 2. The van der Waals surface area contributed by atoms with Crippen LogP contribution in [-0.2, 0) is 12.8 Å². The third kappa shape index (κ3) is 2.84. The molecule has 3 N–H and O–H groups in total. The lowest BCUT2D eigenvalue weighted by Gasteiger charge is -2.26. The summed E-state index contributed by atoms with van der Waals surface area (Å²) in [6.45, 7) is 1.99. The van der Waals surface area contributed by atoms with Gasteiger partial charge in [0.2, 0.25) is 0 Å². The summed E-state index contributed by atoms with van der Waals surface area (Å²) in [5, 5.41) is 7.92. The first-order valence-corrected chi connectivity index (χ1v) is 8.59. The summed E-state index contributed by atoms with van der Waals surface area (Å²) in [6, 6.07) is 7.72. The van der Waals surface area contributed by atoms with Crippen LogP contribution in [0.2, 0.25) is 0 Å². The molecule has 2 heterocycles. The number of carbonyl (C=O) groups excluding carboxylic acids is 1. The highest BCUT2D eigenvalue weighted by Crippen LogP contribution is 2.31. The zero-order valence-electron chi connectivity index (χ0n) is 14.1. The van der Waals surface area contributed by atoms with Crippen LogP contribution >= 0.6 is 0 Å². The third-order valence-electron chi connectivity index (χ3n) is 4.79. The fraction of sp³-hybridized carbons (Fsp3) is 0.316. The van der Waals surface area contributed by atoms with Crippen LogP contribution in [0.15, 0.2) is 35.0 Å². The molecular weight excluding hydrogens is 316 g/mol. The molecule has 0 radical (unpaired) electrons. The van der Waals surface area contributed by atoms with Gasteiger partial charge in [-0.2, -0.15) is 0 Å². The number of aromatic nitrogens is 2. The van der Waals surface area contributed by atoms with E-state index in [0.717, 1.165) is 48.0 Å². The minimum Gasteiger partial charge on any atom is -0.399 e. The smallest absolute Gasteiger partial charge is 0.257 e. The minimum atomic E-state index is -0.132. The van der Waals surface area contributed by atoms with Crippen molar-refractivity contribution in [3.63, 3.8) is 0 Å². The molecule has 1 aliphatic carbocycles. The normalized spacial score (nSPS) is 16.6. The van der Waals surface area contributed by atoms with Crippen LogP contribution in [0.3, 0.4) is 0 Å². The Bertz CT molecular complexity index is 948. The molecule has 4 rings (SSSR count). The summed E-state index contributed by atoms with van der Waals surface area (Å²) < 4.78 is 5.18. The molecule has 0 bridgehead atoms. The Morgan fingerprint density at radius 1 is 1.40 bits per heavy atom. The van der Waals surface area contributed by atoms with Crippen molar-refractivity contribution in [2.45, 2.75) is 38.6 Å². The lowest BCUT2D eigenvalue weighted by atomic mass is 9.87. The van der Waals surface area contributed by atoms with E-state index in [9.17, 15) is 4.79 Å². The van der Waals surface area contributed by atoms with Gasteiger partial charge in [0.1, 0.15) is 0 Å². The number of nitrogens with one attached hydrogen (secondary N) is 1. The van der Waals surface area contributed by atoms with Crippen molar-refractivity contribution < 1.29 is 9.32 Å². The third-order valence-corrected chi connectivity index (χ3v) is 4.79. The van der Waals surface area contributed by atoms with E-state index in [1.807, 2.05) is 25.1 Å². The van der Waals surface area contributed by atoms with Crippen LogP contribution in [0.25, 0.3) is 11.1 Å². The number of aryl methyl sites for hydroxylation is 2. The van der Waals surface area contributed by atoms with Crippen LogP contribution in [0.4, 0.5) is 5.69 Å². The quantitative estimate of drug-likeness (QED) is 0.716. The van der Waals surface area contributed by atoms with E-state index in [2.05, 4.69) is 15.5 Å². The average molecular weight is 336 g/mol. The molecule has 0 aliphatic heterocycles. The van der Waals surface area contributed by atoms with Gasteiger partial charge >= 0.3 is 0 Å². The van der Waals surface area contributed by atoms with E-state index in [1.165, 1.54) is 11.8 Å². The number of benzene rings is 1. The first kappa shape index (κ1) is 15.6. The second-order valence-electron chi connectivity index (χ2n) is 6.44. The maximum absolute atomic E-state index is 12.7. The van der Waals surface area contributed by atoms with Crippen LogP contribution in [0.5, 0.6) is 0 Å². The molecule has 3 aromatic rings. The highest BCUT2D eigenvalue weighted by molar-refractivity contribution is 5.97. The summed E-state index contributed by atoms with van der Waals surface area (Å²) in [7, 11) is 0. The number of hydrogen-bond donors (Lipinski definition) is 2. The van der Waals surface area contributed by atoms with Crippen LogP contribution in [0.1, 0.15) is 53.0 Å². The van der Waals surface area contributed by atoms with Crippen molar-refractivity contribution in [1.82, 2.24) is 15.5 Å². The lowest BCUT2D eigenvalue weighted by molar-refractivity contribution is 0.0932. The molecule has 0 saturated carbocycles. The predicted octanol–water partition coefficient (Wildman–Crippen LogP) is 3.17. The number of carbonyl (C=O) groups is 1. The maximum atomic E-state index is 12.7. The summed E-state index contributed by atoms with van der Waals surface area (Å²) >= 11 is 0. The number of nitrogen functional groups attached to an aromatic ring is 1. The largest absolute Gasteiger partial charge is 0.399 e. The second kappa shape index (κ2) is 6.20. The first-order chi connectivity index (χ1) is 12.2. The van der Waals surface area contributed by atoms with E-state index < -0.39 is 0 Å². The monoisotopic (exact) mass is 336 g/mol. The van der Waals surface area contributed by atoms with Crippen LogP contribution in [0, 0.1) is 0 Å². The standard InChI is InChI=1S/C19H20N4O2/c1-2-16-15-9-12(10-21-19(15)25-23-16)18(24)22-17-5-3-4-11-8-13(20)6-7-14(11)17/h6-10,17H,2-5,20H2,1H3,(H,22,24). The number of amides is 1. The number of hydrogen-bond acceptors (Lipinski definition) is 5. The van der Waals surface area contributed by atoms with Gasteiger partial charge in [-0.3, -0.25) is 4.79 Å². The molecule has 1 atom stereocenters. The zero-order valence-corrected chi connectivity index (χ0v) is 14.1. The van der Waals surface area contributed by atoms with Gasteiger partial charge in [0, 0.05) is 11.9 Å². The van der Waals surface area contributed by atoms with E-state index in [-0.39, 0.29) is 11.9 Å². The second-order valence-corrected chi connectivity index (χ2v) is 6.44. The summed E-state index contributed by atoms with van der Waals surface area (Å²) in [6.07, 6.45) is 5.23. The molecule has 0 spiro atoms. The van der Waals surface area contributed by atoms with Crippen molar-refractivity contribution in [2.75, 3.05) is 5.73 Å². The van der Waals surface area contributed by atoms with E-state index >= 15 is 0 Å². The van der Waals surface area contributed by atoms with Crippen LogP contribution in [-0.4, -0.2) is 16.0 Å². The van der Waals surface area contributed by atoms with Crippen LogP contribution < -0.4 is 11.1 Å². The molecule has 2 aromatic heterocycles. The number of fused-ring (bicyclic) bond motifs is 2. The molecule has 0 saturated heterocycles. The van der Waals surface area contributed by atoms with Crippen molar-refractivity contribution in [3.05, 3.63) is 52.8 Å². The predicted molar refractivity (Wildman–Crippen MR) is 95.2 cm³/mol. The van der Waals surface area contributed by atoms with Gasteiger partial charge in [-0.05, 0) is 55.0 Å². The summed E-state index contributed by atoms with van der Waals surface area (Å²) in [5.74, 6) is -0.132. The Hall–Kier alpha value is -2.89. The number of nitrogens with two attached hydrogens (primary N) is 1. The lowest BCUT2D eigenvalue weighted by Crippen LogP contribution is -2.31. The van der Waals surface area contributed by atoms with Gasteiger partial charge < -0.3 is 15.6 Å². The SMILES string of the molecule is CCc1noc2ncc(C(=O)NC3CCCc4cc(N)ccc43)cc12. The Morgan fingerprint density at radius 3 is 3.12 bits per heavy atom. The fourth-order valence-corrected chi connectivity index (χ4v) is 3.48. The number of pyridine rings is 1. The van der Waals surface area contributed by atoms with Crippen molar-refractivity contribution in [2.24, 2.45) is 0 Å². The molecule has 1 unspecified atom stereocenters. The molecule has 128 valence electrons. The molecule has 1 amide bonds. The first-order valence-electron chi connectivity index (χ1n) is 8.59. The maximum Gasteiger partial charge on any atom is 0.257 e. The van der Waals surface area contributed by atoms with Gasteiger partial charge in [0.15, 0.2) is 0 Å². The van der Waals surface area contributed by atoms with Gasteiger partial charge in [-0.15, -0.1) is 0 Å². The van der Waals surface area contributed by atoms with E-state index in [4.69, 9.17) is 10.3 Å². The highest BCUT2D eigenvalue weighted by Gasteiger charge is 2.23. The van der Waals surface area contributed by atoms with Gasteiger partial charge in [-0.1, -0.05) is 18.1 Å². The molecule has 1 aromatic carbocycles. The minimum absolute atomic E-state index is 0.000618. The summed E-state index contributed by atoms with van der Waals surface area (Å²) in [4.78, 5) is 16.9. The fourth-order valence-electron chi connectivity index (χ4n) is 3.48. The van der Waals surface area contributed by atoms with Gasteiger partial charge in [0.05, 0.1) is 22.7 Å². The zero-order chi connectivity index (χ0) is 17.4. The number of anilines is 1. The molecule has 6 heteroatoms. The molecule has 0 fully saturated rings. The Balaban J connectivity index is 1.61. The Kier molecular flexibility index (Phi) is 3.87. The summed E-state index contributed by atoms with van der Waals surface area (Å²) in [5.41, 5.74) is 10.8. The van der Waals surface area contributed by atoms with Crippen molar-refractivity contribution in [1.29, 1.82) is 0 Å². The van der Waals surface area contributed by atoms with E-state index in [1.54, 1.807) is 6.07 Å². The molecule has 6 nitrogen and oxygen atoms in total. The average Bonchev–Trinajstić information content (AvgIpc) is 3.03. The Morgan fingerprint density at radius 2 is 2.28 bits per heavy atom. The highest BCUT2D eigenvalue weighted by atomic mass is 16.5. The molecule has 1 aliphatic rings.